The van der Waals surface area contributed by atoms with E-state index in [4.69, 9.17) is 5.73 Å². The lowest BCUT2D eigenvalue weighted by atomic mass is 9.84. The number of carbonyl (C=O) groups is 1. The van der Waals surface area contributed by atoms with Gasteiger partial charge in [-0.3, -0.25) is 9.69 Å². The fraction of sp³-hybridized carbons (Fsp3) is 0.353. The van der Waals surface area contributed by atoms with Gasteiger partial charge in [0, 0.05) is 19.1 Å². The highest BCUT2D eigenvalue weighted by molar-refractivity contribution is 5.97. The van der Waals surface area contributed by atoms with Crippen LogP contribution in [0.15, 0.2) is 37.4 Å². The number of aromatic hydroxyl groups is 1. The number of primary amides is 1. The summed E-state index contributed by atoms with van der Waals surface area (Å²) in [6.45, 7) is 9.23. The van der Waals surface area contributed by atoms with Crippen LogP contribution < -0.4 is 5.73 Å². The van der Waals surface area contributed by atoms with Gasteiger partial charge in [0.1, 0.15) is 5.75 Å². The second kappa shape index (κ2) is 6.59. The van der Waals surface area contributed by atoms with Gasteiger partial charge in [0.25, 0.3) is 5.91 Å². The molecule has 1 amide bonds. The Bertz CT molecular complexity index is 556. The van der Waals surface area contributed by atoms with Crippen LogP contribution in [0.4, 0.5) is 0 Å². The highest BCUT2D eigenvalue weighted by atomic mass is 16.3. The molecule has 2 rings (SSSR count). The van der Waals surface area contributed by atoms with Crippen molar-refractivity contribution in [2.75, 3.05) is 13.1 Å². The number of amides is 1. The lowest BCUT2D eigenvalue weighted by molar-refractivity contribution is 0.0996. The Morgan fingerprint density at radius 3 is 2.62 bits per heavy atom. The summed E-state index contributed by atoms with van der Waals surface area (Å²) in [5.74, 6) is -0.578. The number of phenols is 1. The number of benzene rings is 1. The van der Waals surface area contributed by atoms with Crippen molar-refractivity contribution in [1.82, 2.24) is 4.90 Å². The average molecular weight is 286 g/mol. The third-order valence-electron chi connectivity index (χ3n) is 4.06. The van der Waals surface area contributed by atoms with Crippen molar-refractivity contribution < 1.29 is 9.90 Å². The van der Waals surface area contributed by atoms with E-state index in [0.29, 0.717) is 6.04 Å². The van der Waals surface area contributed by atoms with Gasteiger partial charge in [0.15, 0.2) is 0 Å². The first kappa shape index (κ1) is 15.3. The lowest BCUT2D eigenvalue weighted by Crippen LogP contribution is -2.40. The summed E-state index contributed by atoms with van der Waals surface area (Å²) in [5, 5.41) is 9.84. The molecular weight excluding hydrogens is 264 g/mol. The van der Waals surface area contributed by atoms with Crippen LogP contribution in [0.1, 0.15) is 27.9 Å². The first-order chi connectivity index (χ1) is 10.1. The van der Waals surface area contributed by atoms with Gasteiger partial charge in [-0.25, -0.2) is 0 Å². The number of hydrogen-bond acceptors (Lipinski definition) is 3. The summed E-state index contributed by atoms with van der Waals surface area (Å²) in [6, 6.07) is 3.84. The quantitative estimate of drug-likeness (QED) is 0.786. The van der Waals surface area contributed by atoms with Gasteiger partial charge in [-0.05, 0) is 36.5 Å². The Hall–Kier alpha value is -2.07. The minimum absolute atomic E-state index is 0.0197. The molecule has 112 valence electrons. The molecule has 0 aromatic heterocycles. The minimum Gasteiger partial charge on any atom is -0.507 e. The van der Waals surface area contributed by atoms with Gasteiger partial charge in [0.05, 0.1) is 5.56 Å². The molecule has 0 heterocycles. The number of rotatable bonds is 6. The minimum atomic E-state index is -0.558. The van der Waals surface area contributed by atoms with Crippen molar-refractivity contribution in [1.29, 1.82) is 0 Å². The molecule has 0 saturated carbocycles. The first-order valence-corrected chi connectivity index (χ1v) is 7.17. The molecule has 1 aromatic carbocycles. The summed E-state index contributed by atoms with van der Waals surface area (Å²) in [6.07, 6.45) is 6.31. The van der Waals surface area contributed by atoms with Crippen molar-refractivity contribution in [3.8, 4) is 5.75 Å². The Morgan fingerprint density at radius 2 is 2.05 bits per heavy atom. The van der Waals surface area contributed by atoms with E-state index in [9.17, 15) is 9.90 Å². The standard InChI is InChI=1S/C17H22N2O2/c1-3-9-19(10-4-2)13-6-7-14-12(11-13)5-8-15(20)16(14)17(18)21/h3-5,8,13,20H,1-2,6-7,9-11H2,(H2,18,21). The Kier molecular flexibility index (Phi) is 4.81. The summed E-state index contributed by atoms with van der Waals surface area (Å²) in [7, 11) is 0. The Balaban J connectivity index is 2.28. The van der Waals surface area contributed by atoms with Crippen LogP contribution in [0.25, 0.3) is 0 Å². The van der Waals surface area contributed by atoms with Crippen LogP contribution in [0.2, 0.25) is 0 Å². The van der Waals surface area contributed by atoms with Crippen molar-refractivity contribution >= 4 is 5.91 Å². The highest BCUT2D eigenvalue weighted by Crippen LogP contribution is 2.31. The lowest BCUT2D eigenvalue weighted by Gasteiger charge is -2.34. The van der Waals surface area contributed by atoms with Crippen molar-refractivity contribution in [3.63, 3.8) is 0 Å². The molecular formula is C17H22N2O2. The molecule has 1 unspecified atom stereocenters. The van der Waals surface area contributed by atoms with Crippen molar-refractivity contribution in [2.24, 2.45) is 5.73 Å². The molecule has 0 fully saturated rings. The second-order valence-corrected chi connectivity index (χ2v) is 5.39. The molecule has 4 nitrogen and oxygen atoms in total. The zero-order valence-corrected chi connectivity index (χ0v) is 12.2. The van der Waals surface area contributed by atoms with Crippen LogP contribution in [-0.2, 0) is 12.8 Å². The van der Waals surface area contributed by atoms with Crippen LogP contribution in [0.5, 0.6) is 5.75 Å². The third kappa shape index (κ3) is 3.16. The van der Waals surface area contributed by atoms with E-state index in [0.717, 1.165) is 43.5 Å². The molecule has 0 aliphatic heterocycles. The fourth-order valence-corrected chi connectivity index (χ4v) is 3.11. The van der Waals surface area contributed by atoms with Gasteiger partial charge in [0.2, 0.25) is 0 Å². The number of fused-ring (bicyclic) bond motifs is 1. The molecule has 1 atom stereocenters. The SMILES string of the molecule is C=CCN(CC=C)C1CCc2c(ccc(O)c2C(N)=O)C1. The maximum absolute atomic E-state index is 11.5. The van der Waals surface area contributed by atoms with E-state index < -0.39 is 5.91 Å². The molecule has 21 heavy (non-hydrogen) atoms. The molecule has 0 saturated heterocycles. The maximum Gasteiger partial charge on any atom is 0.252 e. The Morgan fingerprint density at radius 1 is 1.38 bits per heavy atom. The van der Waals surface area contributed by atoms with Crippen LogP contribution in [0, 0.1) is 0 Å². The molecule has 0 bridgehead atoms. The van der Waals surface area contributed by atoms with Gasteiger partial charge >= 0.3 is 0 Å². The zero-order chi connectivity index (χ0) is 15.4. The molecule has 1 aliphatic carbocycles. The van der Waals surface area contributed by atoms with Crippen LogP contribution in [-0.4, -0.2) is 35.0 Å². The van der Waals surface area contributed by atoms with Gasteiger partial charge < -0.3 is 10.8 Å². The second-order valence-electron chi connectivity index (χ2n) is 5.39. The summed E-state index contributed by atoms with van der Waals surface area (Å²) in [4.78, 5) is 13.9. The number of carbonyl (C=O) groups excluding carboxylic acids is 1. The molecule has 3 N–H and O–H groups in total. The van der Waals surface area contributed by atoms with Crippen molar-refractivity contribution in [2.45, 2.75) is 25.3 Å². The van der Waals surface area contributed by atoms with E-state index in [1.54, 1.807) is 6.07 Å². The molecule has 1 aliphatic rings. The summed E-state index contributed by atoms with van der Waals surface area (Å²) >= 11 is 0. The predicted octanol–water partition coefficient (Wildman–Crippen LogP) is 2.02. The normalized spacial score (nSPS) is 17.3. The van der Waals surface area contributed by atoms with Crippen molar-refractivity contribution in [3.05, 3.63) is 54.1 Å². The van der Waals surface area contributed by atoms with Gasteiger partial charge in [-0.2, -0.15) is 0 Å². The predicted molar refractivity (Wildman–Crippen MR) is 84.4 cm³/mol. The van der Waals surface area contributed by atoms with E-state index >= 15 is 0 Å². The summed E-state index contributed by atoms with van der Waals surface area (Å²) < 4.78 is 0. The zero-order valence-electron chi connectivity index (χ0n) is 12.2. The topological polar surface area (TPSA) is 66.6 Å². The number of nitrogens with zero attached hydrogens (tertiary/aromatic N) is 1. The van der Waals surface area contributed by atoms with Crippen LogP contribution in [0.3, 0.4) is 0 Å². The first-order valence-electron chi connectivity index (χ1n) is 7.17. The van der Waals surface area contributed by atoms with E-state index in [2.05, 4.69) is 18.1 Å². The third-order valence-corrected chi connectivity index (χ3v) is 4.06. The number of nitrogens with two attached hydrogens (primary N) is 1. The average Bonchev–Trinajstić information content (AvgIpc) is 2.46. The van der Waals surface area contributed by atoms with E-state index in [1.165, 1.54) is 0 Å². The van der Waals surface area contributed by atoms with Crippen LogP contribution >= 0.6 is 0 Å². The maximum atomic E-state index is 11.5. The molecule has 4 heteroatoms. The monoisotopic (exact) mass is 286 g/mol. The largest absolute Gasteiger partial charge is 0.507 e. The smallest absolute Gasteiger partial charge is 0.252 e. The van der Waals surface area contributed by atoms with Gasteiger partial charge in [-0.1, -0.05) is 18.2 Å². The van der Waals surface area contributed by atoms with E-state index in [1.807, 2.05) is 18.2 Å². The fourth-order valence-electron chi connectivity index (χ4n) is 3.11. The number of hydrogen-bond donors (Lipinski definition) is 2. The van der Waals surface area contributed by atoms with Gasteiger partial charge in [-0.15, -0.1) is 13.2 Å². The highest BCUT2D eigenvalue weighted by Gasteiger charge is 2.27. The molecule has 1 aromatic rings. The Labute approximate surface area is 125 Å². The molecule has 0 spiro atoms. The summed E-state index contributed by atoms with van der Waals surface area (Å²) in [5.41, 5.74) is 7.67. The molecule has 0 radical (unpaired) electrons. The van der Waals surface area contributed by atoms with E-state index in [-0.39, 0.29) is 11.3 Å².